The van der Waals surface area contributed by atoms with E-state index in [9.17, 15) is 9.59 Å². The lowest BCUT2D eigenvalue weighted by atomic mass is 9.90. The van der Waals surface area contributed by atoms with Crippen molar-refractivity contribution in [3.63, 3.8) is 0 Å². The summed E-state index contributed by atoms with van der Waals surface area (Å²) >= 11 is 5.98. The first-order valence-electron chi connectivity index (χ1n) is 8.33. The molecule has 2 aromatic rings. The normalized spacial score (nSPS) is 11.0. The Bertz CT molecular complexity index is 801. The van der Waals surface area contributed by atoms with Crippen LogP contribution in [-0.4, -0.2) is 18.9 Å². The van der Waals surface area contributed by atoms with Crippen molar-refractivity contribution in [2.24, 2.45) is 5.41 Å². The number of hydrogen-bond donors (Lipinski definition) is 2. The van der Waals surface area contributed by atoms with Gasteiger partial charge in [-0.1, -0.05) is 30.7 Å². The summed E-state index contributed by atoms with van der Waals surface area (Å²) in [5, 5.41) is 5.96. The van der Waals surface area contributed by atoms with Crippen LogP contribution in [0.25, 0.3) is 0 Å². The van der Waals surface area contributed by atoms with Gasteiger partial charge in [0.05, 0.1) is 12.8 Å². The fraction of sp³-hybridized carbons (Fsp3) is 0.300. The van der Waals surface area contributed by atoms with Gasteiger partial charge in [0.2, 0.25) is 11.8 Å². The van der Waals surface area contributed by atoms with Crippen molar-refractivity contribution in [1.29, 1.82) is 0 Å². The van der Waals surface area contributed by atoms with E-state index in [0.29, 0.717) is 22.1 Å². The van der Waals surface area contributed by atoms with Crippen molar-refractivity contribution < 1.29 is 14.3 Å². The molecule has 0 aliphatic rings. The summed E-state index contributed by atoms with van der Waals surface area (Å²) in [6, 6.07) is 12.4. The quantitative estimate of drug-likeness (QED) is 0.731. The number of amides is 2. The second kappa shape index (κ2) is 8.23. The second-order valence-electron chi connectivity index (χ2n) is 6.43. The van der Waals surface area contributed by atoms with Crippen LogP contribution in [0.2, 0.25) is 5.02 Å². The van der Waals surface area contributed by atoms with Crippen LogP contribution in [0.4, 0.5) is 11.4 Å². The number of ether oxygens (including phenoxy) is 1. The van der Waals surface area contributed by atoms with Gasteiger partial charge in [-0.15, -0.1) is 0 Å². The van der Waals surface area contributed by atoms with E-state index in [1.165, 1.54) is 12.7 Å². The fourth-order valence-electron chi connectivity index (χ4n) is 2.27. The molecule has 6 heteroatoms. The third-order valence-corrected chi connectivity index (χ3v) is 4.40. The maximum absolute atomic E-state index is 12.7. The van der Waals surface area contributed by atoms with Crippen LogP contribution in [0.15, 0.2) is 42.5 Å². The number of benzene rings is 2. The fourth-order valence-corrected chi connectivity index (χ4v) is 2.44. The Balaban J connectivity index is 2.13. The van der Waals surface area contributed by atoms with E-state index in [4.69, 9.17) is 16.3 Å². The molecular formula is C20H23ClN2O3. The maximum atomic E-state index is 12.7. The molecule has 2 rings (SSSR count). The zero-order valence-corrected chi connectivity index (χ0v) is 16.1. The lowest BCUT2D eigenvalue weighted by molar-refractivity contribution is -0.135. The molecule has 0 saturated heterocycles. The van der Waals surface area contributed by atoms with Crippen LogP contribution in [0.1, 0.15) is 26.3 Å². The van der Waals surface area contributed by atoms with E-state index < -0.39 is 17.2 Å². The van der Waals surface area contributed by atoms with Gasteiger partial charge in [0.25, 0.3) is 0 Å². The molecule has 0 aromatic heterocycles. The number of carbonyl (C=O) groups is 2. The van der Waals surface area contributed by atoms with Crippen LogP contribution in [0.5, 0.6) is 5.75 Å². The Hall–Kier alpha value is -2.53. The Labute approximate surface area is 158 Å². The molecule has 0 fully saturated rings. The number of carbonyl (C=O) groups excluding carboxylic acids is 2. The van der Waals surface area contributed by atoms with Gasteiger partial charge in [-0.05, 0) is 56.2 Å². The summed E-state index contributed by atoms with van der Waals surface area (Å²) in [6.45, 7) is 5.19. The summed E-state index contributed by atoms with van der Waals surface area (Å²) in [6.07, 6.45) is 0.920. The lowest BCUT2D eigenvalue weighted by Gasteiger charge is -2.23. The zero-order chi connectivity index (χ0) is 19.3. The summed E-state index contributed by atoms with van der Waals surface area (Å²) in [7, 11) is 1.50. The predicted molar refractivity (Wildman–Crippen MR) is 105 cm³/mol. The highest BCUT2D eigenvalue weighted by atomic mass is 35.5. The standard InChI is InChI=1S/C20H23ClN2O3/c1-5-13-6-9-15(10-7-13)22-18(24)20(2,3)19(25)23-16-12-14(21)8-11-17(16)26-4/h6-12H,5H2,1-4H3,(H,22,24)(H,23,25). The molecule has 0 unspecified atom stereocenters. The van der Waals surface area contributed by atoms with Gasteiger partial charge in [-0.3, -0.25) is 9.59 Å². The number of halogens is 1. The van der Waals surface area contributed by atoms with E-state index in [1.807, 2.05) is 24.3 Å². The molecule has 0 spiro atoms. The lowest BCUT2D eigenvalue weighted by Crippen LogP contribution is -2.41. The van der Waals surface area contributed by atoms with Gasteiger partial charge >= 0.3 is 0 Å². The van der Waals surface area contributed by atoms with Gasteiger partial charge in [0.1, 0.15) is 11.2 Å². The van der Waals surface area contributed by atoms with Gasteiger partial charge in [0.15, 0.2) is 0 Å². The van der Waals surface area contributed by atoms with Crippen molar-refractivity contribution in [3.8, 4) is 5.75 Å². The molecule has 2 aromatic carbocycles. The van der Waals surface area contributed by atoms with E-state index in [1.54, 1.807) is 32.0 Å². The third-order valence-electron chi connectivity index (χ3n) is 4.17. The summed E-state index contributed by atoms with van der Waals surface area (Å²) in [5.74, 6) is -0.393. The Morgan fingerprint density at radius 2 is 1.65 bits per heavy atom. The summed E-state index contributed by atoms with van der Waals surface area (Å²) in [5.41, 5.74) is 0.941. The minimum atomic E-state index is -1.29. The molecule has 0 radical (unpaired) electrons. The molecule has 0 heterocycles. The molecule has 0 aliphatic carbocycles. The number of rotatable bonds is 6. The second-order valence-corrected chi connectivity index (χ2v) is 6.86. The molecule has 0 bridgehead atoms. The first kappa shape index (κ1) is 19.8. The molecular weight excluding hydrogens is 352 g/mol. The van der Waals surface area contributed by atoms with Crippen molar-refractivity contribution >= 4 is 34.8 Å². The molecule has 0 atom stereocenters. The van der Waals surface area contributed by atoms with E-state index >= 15 is 0 Å². The average Bonchev–Trinajstić information content (AvgIpc) is 2.62. The van der Waals surface area contributed by atoms with E-state index in [2.05, 4.69) is 17.6 Å². The van der Waals surface area contributed by atoms with E-state index in [-0.39, 0.29) is 0 Å². The van der Waals surface area contributed by atoms with Crippen molar-refractivity contribution in [2.45, 2.75) is 27.2 Å². The van der Waals surface area contributed by atoms with Crippen molar-refractivity contribution in [2.75, 3.05) is 17.7 Å². The highest BCUT2D eigenvalue weighted by Gasteiger charge is 2.36. The van der Waals surface area contributed by atoms with Crippen molar-refractivity contribution in [1.82, 2.24) is 0 Å². The monoisotopic (exact) mass is 374 g/mol. The number of methoxy groups -OCH3 is 1. The number of hydrogen-bond acceptors (Lipinski definition) is 3. The van der Waals surface area contributed by atoms with Gasteiger partial charge in [-0.2, -0.15) is 0 Å². The number of anilines is 2. The van der Waals surface area contributed by atoms with Gasteiger partial charge in [-0.25, -0.2) is 0 Å². The van der Waals surface area contributed by atoms with Crippen LogP contribution in [-0.2, 0) is 16.0 Å². The molecule has 0 aliphatic heterocycles. The van der Waals surface area contributed by atoms with Crippen LogP contribution >= 0.6 is 11.6 Å². The Morgan fingerprint density at radius 1 is 1.04 bits per heavy atom. The molecule has 2 amide bonds. The van der Waals surface area contributed by atoms with Gasteiger partial charge in [0, 0.05) is 10.7 Å². The first-order valence-corrected chi connectivity index (χ1v) is 8.71. The molecule has 0 saturated carbocycles. The largest absolute Gasteiger partial charge is 0.495 e. The predicted octanol–water partition coefficient (Wildman–Crippen LogP) is 4.51. The van der Waals surface area contributed by atoms with Crippen LogP contribution < -0.4 is 15.4 Å². The van der Waals surface area contributed by atoms with E-state index in [0.717, 1.165) is 6.42 Å². The highest BCUT2D eigenvalue weighted by molar-refractivity contribution is 6.31. The molecule has 2 N–H and O–H groups in total. The zero-order valence-electron chi connectivity index (χ0n) is 15.4. The van der Waals surface area contributed by atoms with Crippen LogP contribution in [0.3, 0.4) is 0 Å². The molecule has 26 heavy (non-hydrogen) atoms. The SMILES string of the molecule is CCc1ccc(NC(=O)C(C)(C)C(=O)Nc2cc(Cl)ccc2OC)cc1. The smallest absolute Gasteiger partial charge is 0.239 e. The molecule has 5 nitrogen and oxygen atoms in total. The topological polar surface area (TPSA) is 67.4 Å². The Morgan fingerprint density at radius 3 is 2.23 bits per heavy atom. The van der Waals surface area contributed by atoms with Crippen molar-refractivity contribution in [3.05, 3.63) is 53.1 Å². The summed E-state index contributed by atoms with van der Waals surface area (Å²) in [4.78, 5) is 25.3. The molecule has 138 valence electrons. The number of nitrogens with one attached hydrogen (secondary N) is 2. The van der Waals surface area contributed by atoms with Crippen LogP contribution in [0, 0.1) is 5.41 Å². The Kier molecular flexibility index (Phi) is 6.27. The number of aryl methyl sites for hydroxylation is 1. The minimum absolute atomic E-state index is 0.403. The van der Waals surface area contributed by atoms with Gasteiger partial charge < -0.3 is 15.4 Å². The minimum Gasteiger partial charge on any atom is -0.495 e. The highest BCUT2D eigenvalue weighted by Crippen LogP contribution is 2.30. The maximum Gasteiger partial charge on any atom is 0.239 e. The first-order chi connectivity index (χ1) is 12.3. The average molecular weight is 375 g/mol. The third kappa shape index (κ3) is 4.55. The summed E-state index contributed by atoms with van der Waals surface area (Å²) < 4.78 is 5.22.